The van der Waals surface area contributed by atoms with Crippen LogP contribution in [0.15, 0.2) is 54.6 Å². The largest absolute Gasteiger partial charge is 0.399 e. The van der Waals surface area contributed by atoms with Gasteiger partial charge in [-0.05, 0) is 41.5 Å². The lowest BCUT2D eigenvalue weighted by Crippen LogP contribution is -2.01. The molecule has 106 valence electrons. The Balaban J connectivity index is 1.73. The molecule has 0 saturated heterocycles. The minimum atomic E-state index is 0.0725. The molecule has 0 atom stereocenters. The Hall–Kier alpha value is -2.59. The topological polar surface area (TPSA) is 71.2 Å². The van der Waals surface area contributed by atoms with Crippen molar-refractivity contribution in [1.29, 1.82) is 0 Å². The number of nitrogens with two attached hydrogens (primary N) is 1. The zero-order valence-electron chi connectivity index (χ0n) is 11.6. The number of nitrogens with zero attached hydrogens (tertiary/aromatic N) is 1. The molecule has 0 spiro atoms. The summed E-state index contributed by atoms with van der Waals surface area (Å²) in [5, 5.41) is 13.4. The maximum Gasteiger partial charge on any atom is 0.126 e. The standard InChI is InChI=1S/C17H17N3O/c18-15-6-7-16-14(9-15)5-8-17(20-16)19-10-12-1-3-13(11-21)4-2-12/h1-9,21H,10-11,18H2,(H,19,20). The average molecular weight is 279 g/mol. The van der Waals surface area contributed by atoms with Gasteiger partial charge in [-0.2, -0.15) is 0 Å². The first-order valence-electron chi connectivity index (χ1n) is 6.83. The molecule has 0 saturated carbocycles. The number of hydrogen-bond acceptors (Lipinski definition) is 4. The second-order valence-corrected chi connectivity index (χ2v) is 4.98. The first-order valence-corrected chi connectivity index (χ1v) is 6.83. The van der Waals surface area contributed by atoms with Crippen LogP contribution in [0, 0.1) is 0 Å². The lowest BCUT2D eigenvalue weighted by atomic mass is 10.1. The Morgan fingerprint density at radius 1 is 0.952 bits per heavy atom. The van der Waals surface area contributed by atoms with Crippen LogP contribution in [0.1, 0.15) is 11.1 Å². The maximum atomic E-state index is 9.02. The number of aliphatic hydroxyl groups is 1. The zero-order chi connectivity index (χ0) is 14.7. The number of hydrogen-bond donors (Lipinski definition) is 3. The van der Waals surface area contributed by atoms with Gasteiger partial charge in [-0.1, -0.05) is 24.3 Å². The highest BCUT2D eigenvalue weighted by Crippen LogP contribution is 2.18. The number of benzene rings is 2. The van der Waals surface area contributed by atoms with Gasteiger partial charge in [0.25, 0.3) is 0 Å². The van der Waals surface area contributed by atoms with Crippen molar-refractivity contribution in [3.63, 3.8) is 0 Å². The summed E-state index contributed by atoms with van der Waals surface area (Å²) < 4.78 is 0. The minimum Gasteiger partial charge on any atom is -0.399 e. The van der Waals surface area contributed by atoms with Crippen molar-refractivity contribution in [2.45, 2.75) is 13.2 Å². The molecule has 0 aliphatic rings. The molecular formula is C17H17N3O. The molecule has 0 aliphatic carbocycles. The fourth-order valence-electron chi connectivity index (χ4n) is 2.20. The molecule has 4 N–H and O–H groups in total. The lowest BCUT2D eigenvalue weighted by Gasteiger charge is -2.08. The summed E-state index contributed by atoms with van der Waals surface area (Å²) in [7, 11) is 0. The third-order valence-corrected chi connectivity index (χ3v) is 3.39. The van der Waals surface area contributed by atoms with Crippen molar-refractivity contribution in [3.05, 3.63) is 65.7 Å². The van der Waals surface area contributed by atoms with Crippen molar-refractivity contribution in [3.8, 4) is 0 Å². The average Bonchev–Trinajstić information content (AvgIpc) is 2.53. The molecular weight excluding hydrogens is 262 g/mol. The van der Waals surface area contributed by atoms with Crippen LogP contribution >= 0.6 is 0 Å². The van der Waals surface area contributed by atoms with E-state index < -0.39 is 0 Å². The highest BCUT2D eigenvalue weighted by molar-refractivity contribution is 5.83. The Morgan fingerprint density at radius 2 is 1.71 bits per heavy atom. The highest BCUT2D eigenvalue weighted by atomic mass is 16.3. The summed E-state index contributed by atoms with van der Waals surface area (Å²) >= 11 is 0. The van der Waals surface area contributed by atoms with Crippen molar-refractivity contribution >= 4 is 22.4 Å². The Bertz CT molecular complexity index is 754. The maximum absolute atomic E-state index is 9.02. The second-order valence-electron chi connectivity index (χ2n) is 4.98. The molecule has 1 aromatic heterocycles. The van der Waals surface area contributed by atoms with E-state index in [-0.39, 0.29) is 6.61 Å². The van der Waals surface area contributed by atoms with Gasteiger partial charge in [0, 0.05) is 17.6 Å². The molecule has 3 rings (SSSR count). The van der Waals surface area contributed by atoms with Gasteiger partial charge in [-0.3, -0.25) is 0 Å². The van der Waals surface area contributed by atoms with Gasteiger partial charge in [0.2, 0.25) is 0 Å². The molecule has 4 nitrogen and oxygen atoms in total. The Kier molecular flexibility index (Phi) is 3.71. The van der Waals surface area contributed by atoms with Crippen molar-refractivity contribution in [1.82, 2.24) is 4.98 Å². The van der Waals surface area contributed by atoms with E-state index in [0.29, 0.717) is 6.54 Å². The van der Waals surface area contributed by atoms with Gasteiger partial charge < -0.3 is 16.2 Å². The third kappa shape index (κ3) is 3.12. The van der Waals surface area contributed by atoms with Crippen LogP contribution in [0.25, 0.3) is 10.9 Å². The predicted octanol–water partition coefficient (Wildman–Crippen LogP) is 2.92. The van der Waals surface area contributed by atoms with Crippen LogP contribution in [0.3, 0.4) is 0 Å². The minimum absolute atomic E-state index is 0.0725. The smallest absolute Gasteiger partial charge is 0.126 e. The summed E-state index contributed by atoms with van der Waals surface area (Å²) in [4.78, 5) is 4.56. The van der Waals surface area contributed by atoms with Crippen LogP contribution in [0.5, 0.6) is 0 Å². The van der Waals surface area contributed by atoms with Gasteiger partial charge in [0.1, 0.15) is 5.82 Å². The Labute approximate surface area is 123 Å². The molecule has 21 heavy (non-hydrogen) atoms. The molecule has 2 aromatic carbocycles. The number of rotatable bonds is 4. The fourth-order valence-corrected chi connectivity index (χ4v) is 2.20. The molecule has 0 bridgehead atoms. The van der Waals surface area contributed by atoms with E-state index in [1.54, 1.807) is 0 Å². The molecule has 0 amide bonds. The molecule has 0 unspecified atom stereocenters. The van der Waals surface area contributed by atoms with Crippen LogP contribution in [-0.4, -0.2) is 10.1 Å². The van der Waals surface area contributed by atoms with Crippen LogP contribution < -0.4 is 11.1 Å². The lowest BCUT2D eigenvalue weighted by molar-refractivity contribution is 0.282. The summed E-state index contributed by atoms with van der Waals surface area (Å²) in [5.41, 5.74) is 9.49. The fraction of sp³-hybridized carbons (Fsp3) is 0.118. The Morgan fingerprint density at radius 3 is 2.48 bits per heavy atom. The highest BCUT2D eigenvalue weighted by Gasteiger charge is 2.00. The normalized spacial score (nSPS) is 10.7. The summed E-state index contributed by atoms with van der Waals surface area (Å²) in [6, 6.07) is 17.5. The number of fused-ring (bicyclic) bond motifs is 1. The predicted molar refractivity (Wildman–Crippen MR) is 85.8 cm³/mol. The van der Waals surface area contributed by atoms with Crippen LogP contribution in [0.4, 0.5) is 11.5 Å². The summed E-state index contributed by atoms with van der Waals surface area (Å²) in [5.74, 6) is 0.832. The zero-order valence-corrected chi connectivity index (χ0v) is 11.6. The van der Waals surface area contributed by atoms with Crippen molar-refractivity contribution in [2.75, 3.05) is 11.1 Å². The number of aliphatic hydroxyl groups excluding tert-OH is 1. The molecule has 0 aliphatic heterocycles. The molecule has 4 heteroatoms. The second kappa shape index (κ2) is 5.81. The van der Waals surface area contributed by atoms with Gasteiger partial charge in [-0.15, -0.1) is 0 Å². The monoisotopic (exact) mass is 279 g/mol. The van der Waals surface area contributed by atoms with Crippen LogP contribution in [-0.2, 0) is 13.2 Å². The SMILES string of the molecule is Nc1ccc2nc(NCc3ccc(CO)cc3)ccc2c1. The van der Waals surface area contributed by atoms with Crippen molar-refractivity contribution in [2.24, 2.45) is 0 Å². The van der Waals surface area contributed by atoms with E-state index in [9.17, 15) is 0 Å². The molecule has 0 fully saturated rings. The molecule has 3 aromatic rings. The summed E-state index contributed by atoms with van der Waals surface area (Å²) in [6.45, 7) is 0.766. The molecule has 1 heterocycles. The van der Waals surface area contributed by atoms with Crippen molar-refractivity contribution < 1.29 is 5.11 Å². The third-order valence-electron chi connectivity index (χ3n) is 3.39. The van der Waals surface area contributed by atoms with Gasteiger partial charge in [0.15, 0.2) is 0 Å². The van der Waals surface area contributed by atoms with Gasteiger partial charge >= 0.3 is 0 Å². The quantitative estimate of drug-likeness (QED) is 0.642. The number of nitrogens with one attached hydrogen (secondary N) is 1. The van der Waals surface area contributed by atoms with Gasteiger partial charge in [0.05, 0.1) is 12.1 Å². The van der Waals surface area contributed by atoms with Gasteiger partial charge in [-0.25, -0.2) is 4.98 Å². The number of nitrogen functional groups attached to an aromatic ring is 1. The first-order chi connectivity index (χ1) is 10.2. The van der Waals surface area contributed by atoms with E-state index >= 15 is 0 Å². The number of anilines is 2. The van der Waals surface area contributed by atoms with Crippen LogP contribution in [0.2, 0.25) is 0 Å². The molecule has 0 radical (unpaired) electrons. The van der Waals surface area contributed by atoms with E-state index in [2.05, 4.69) is 10.3 Å². The number of pyridine rings is 1. The van der Waals surface area contributed by atoms with E-state index in [1.165, 1.54) is 0 Å². The number of aromatic nitrogens is 1. The van der Waals surface area contributed by atoms with E-state index in [1.807, 2.05) is 54.6 Å². The van der Waals surface area contributed by atoms with E-state index in [0.717, 1.165) is 33.5 Å². The van der Waals surface area contributed by atoms with E-state index in [4.69, 9.17) is 10.8 Å². The summed E-state index contributed by atoms with van der Waals surface area (Å²) in [6.07, 6.45) is 0. The first kappa shape index (κ1) is 13.4.